The van der Waals surface area contributed by atoms with Crippen LogP contribution in [0.15, 0.2) is 36.7 Å². The molecule has 0 spiro atoms. The van der Waals surface area contributed by atoms with Crippen molar-refractivity contribution in [3.05, 3.63) is 42.5 Å². The predicted octanol–water partition coefficient (Wildman–Crippen LogP) is 5.99. The van der Waals surface area contributed by atoms with Gasteiger partial charge in [-0.1, -0.05) is 64.5 Å². The van der Waals surface area contributed by atoms with Gasteiger partial charge in [-0.25, -0.2) is 9.97 Å². The van der Waals surface area contributed by atoms with E-state index < -0.39 is 0 Å². The Labute approximate surface area is 169 Å². The molecule has 0 saturated carbocycles. The fourth-order valence-corrected chi connectivity index (χ4v) is 3.48. The molecule has 1 aromatic heterocycles. The standard InChI is InChI=1S/C24H34N2O2/c1-3-5-6-7-8-9-11-24-25-16-20(17-26-24)19-12-14-21(15-13-19)27-18-23-22(28-23)10-4-2/h12-17,22-23H,3-11,18H2,1-2H3. The van der Waals surface area contributed by atoms with E-state index in [4.69, 9.17) is 9.47 Å². The molecule has 1 aliphatic heterocycles. The summed E-state index contributed by atoms with van der Waals surface area (Å²) < 4.78 is 11.4. The molecule has 4 heteroatoms. The smallest absolute Gasteiger partial charge is 0.128 e. The summed E-state index contributed by atoms with van der Waals surface area (Å²) >= 11 is 0. The second-order valence-electron chi connectivity index (χ2n) is 7.74. The first-order valence-electron chi connectivity index (χ1n) is 11.0. The van der Waals surface area contributed by atoms with E-state index in [0.717, 1.165) is 42.0 Å². The van der Waals surface area contributed by atoms with Crippen LogP contribution in [0.3, 0.4) is 0 Å². The van der Waals surface area contributed by atoms with Gasteiger partial charge in [-0.2, -0.15) is 0 Å². The number of aryl methyl sites for hydroxylation is 1. The molecule has 152 valence electrons. The van der Waals surface area contributed by atoms with Crippen LogP contribution in [0.2, 0.25) is 0 Å². The molecule has 0 amide bonds. The fourth-order valence-electron chi connectivity index (χ4n) is 3.48. The third kappa shape index (κ3) is 6.59. The van der Waals surface area contributed by atoms with Crippen LogP contribution < -0.4 is 4.74 Å². The molecule has 0 radical (unpaired) electrons. The van der Waals surface area contributed by atoms with Crippen molar-refractivity contribution in [1.29, 1.82) is 0 Å². The molecule has 0 N–H and O–H groups in total. The average Bonchev–Trinajstić information content (AvgIpc) is 3.48. The predicted molar refractivity (Wildman–Crippen MR) is 114 cm³/mol. The Kier molecular flexibility index (Phi) is 8.28. The summed E-state index contributed by atoms with van der Waals surface area (Å²) in [6, 6.07) is 8.16. The van der Waals surface area contributed by atoms with Crippen LogP contribution in [0, 0.1) is 0 Å². The molecule has 4 nitrogen and oxygen atoms in total. The monoisotopic (exact) mass is 382 g/mol. The normalized spacial score (nSPS) is 18.2. The molecule has 1 aromatic carbocycles. The Morgan fingerprint density at radius 1 is 0.821 bits per heavy atom. The van der Waals surface area contributed by atoms with Crippen LogP contribution in [0.1, 0.15) is 71.0 Å². The van der Waals surface area contributed by atoms with Crippen molar-refractivity contribution in [2.75, 3.05) is 6.61 Å². The molecular weight excluding hydrogens is 348 g/mol. The molecule has 28 heavy (non-hydrogen) atoms. The van der Waals surface area contributed by atoms with E-state index >= 15 is 0 Å². The summed E-state index contributed by atoms with van der Waals surface area (Å²) in [4.78, 5) is 9.09. The molecule has 0 bridgehead atoms. The van der Waals surface area contributed by atoms with Gasteiger partial charge < -0.3 is 9.47 Å². The van der Waals surface area contributed by atoms with Crippen molar-refractivity contribution in [3.8, 4) is 16.9 Å². The molecule has 1 fully saturated rings. The lowest BCUT2D eigenvalue weighted by Gasteiger charge is -2.07. The zero-order valence-electron chi connectivity index (χ0n) is 17.4. The van der Waals surface area contributed by atoms with Gasteiger partial charge in [0.2, 0.25) is 0 Å². The number of rotatable bonds is 13. The second kappa shape index (κ2) is 11.2. The summed E-state index contributed by atoms with van der Waals surface area (Å²) in [5.41, 5.74) is 2.16. The van der Waals surface area contributed by atoms with Crippen LogP contribution in [0.5, 0.6) is 5.75 Å². The third-order valence-corrected chi connectivity index (χ3v) is 5.32. The third-order valence-electron chi connectivity index (χ3n) is 5.32. The molecule has 2 aromatic rings. The number of hydrogen-bond acceptors (Lipinski definition) is 4. The molecule has 1 aliphatic rings. The number of epoxide rings is 1. The lowest BCUT2D eigenvalue weighted by Crippen LogP contribution is -2.07. The molecule has 2 unspecified atom stereocenters. The molecule has 2 heterocycles. The summed E-state index contributed by atoms with van der Waals surface area (Å²) in [6.45, 7) is 5.07. The van der Waals surface area contributed by atoms with Crippen LogP contribution >= 0.6 is 0 Å². The van der Waals surface area contributed by atoms with Crippen molar-refractivity contribution in [2.24, 2.45) is 0 Å². The largest absolute Gasteiger partial charge is 0.491 e. The zero-order chi connectivity index (χ0) is 19.6. The topological polar surface area (TPSA) is 47.5 Å². The highest BCUT2D eigenvalue weighted by Crippen LogP contribution is 2.28. The van der Waals surface area contributed by atoms with Gasteiger partial charge >= 0.3 is 0 Å². The number of benzene rings is 1. The summed E-state index contributed by atoms with van der Waals surface area (Å²) in [5.74, 6) is 1.83. The van der Waals surface area contributed by atoms with Crippen LogP contribution in [0.4, 0.5) is 0 Å². The minimum atomic E-state index is 0.271. The summed E-state index contributed by atoms with van der Waals surface area (Å²) in [6.07, 6.45) is 15.6. The maximum atomic E-state index is 5.84. The van der Waals surface area contributed by atoms with E-state index in [2.05, 4.69) is 35.9 Å². The Hall–Kier alpha value is -1.94. The highest BCUT2D eigenvalue weighted by Gasteiger charge is 2.38. The number of aromatic nitrogens is 2. The lowest BCUT2D eigenvalue weighted by molar-refractivity contribution is 0.259. The minimum absolute atomic E-state index is 0.271. The van der Waals surface area contributed by atoms with Crippen molar-refractivity contribution >= 4 is 0 Å². The van der Waals surface area contributed by atoms with E-state index in [9.17, 15) is 0 Å². The van der Waals surface area contributed by atoms with Crippen molar-refractivity contribution in [3.63, 3.8) is 0 Å². The molecular formula is C24H34N2O2. The average molecular weight is 383 g/mol. The van der Waals surface area contributed by atoms with Gasteiger partial charge in [0.1, 0.15) is 24.3 Å². The Morgan fingerprint density at radius 3 is 2.25 bits per heavy atom. The minimum Gasteiger partial charge on any atom is -0.491 e. The lowest BCUT2D eigenvalue weighted by atomic mass is 10.1. The first-order valence-corrected chi connectivity index (χ1v) is 11.0. The van der Waals surface area contributed by atoms with Crippen LogP contribution in [-0.4, -0.2) is 28.8 Å². The van der Waals surface area contributed by atoms with Crippen molar-refractivity contribution < 1.29 is 9.47 Å². The van der Waals surface area contributed by atoms with Gasteiger partial charge in [-0.15, -0.1) is 0 Å². The number of ether oxygens (including phenoxy) is 2. The molecule has 1 saturated heterocycles. The maximum Gasteiger partial charge on any atom is 0.128 e. The van der Waals surface area contributed by atoms with Crippen molar-refractivity contribution in [2.45, 2.75) is 83.8 Å². The highest BCUT2D eigenvalue weighted by molar-refractivity contribution is 5.62. The first kappa shape index (κ1) is 20.8. The van der Waals surface area contributed by atoms with E-state index in [1.165, 1.54) is 38.5 Å². The van der Waals surface area contributed by atoms with Gasteiger partial charge in [-0.3, -0.25) is 0 Å². The number of nitrogens with zero attached hydrogens (tertiary/aromatic N) is 2. The molecule has 3 rings (SSSR count). The summed E-state index contributed by atoms with van der Waals surface area (Å²) in [7, 11) is 0. The first-order chi connectivity index (χ1) is 13.8. The van der Waals surface area contributed by atoms with Gasteiger partial charge in [0.15, 0.2) is 0 Å². The Balaban J connectivity index is 1.41. The number of unbranched alkanes of at least 4 members (excludes halogenated alkanes) is 5. The second-order valence-corrected chi connectivity index (χ2v) is 7.74. The van der Waals surface area contributed by atoms with E-state index in [0.29, 0.717) is 12.7 Å². The Bertz CT molecular complexity index is 685. The van der Waals surface area contributed by atoms with Gasteiger partial charge in [0.05, 0.1) is 6.10 Å². The number of hydrogen-bond donors (Lipinski definition) is 0. The SMILES string of the molecule is CCCCCCCCc1ncc(-c2ccc(OCC3OC3CCC)cc2)cn1. The fraction of sp³-hybridized carbons (Fsp3) is 0.583. The van der Waals surface area contributed by atoms with E-state index in [1.54, 1.807) is 0 Å². The molecule has 0 aliphatic carbocycles. The van der Waals surface area contributed by atoms with E-state index in [-0.39, 0.29) is 6.10 Å². The maximum absolute atomic E-state index is 5.84. The van der Waals surface area contributed by atoms with Crippen LogP contribution in [-0.2, 0) is 11.2 Å². The van der Waals surface area contributed by atoms with Gasteiger partial charge in [0, 0.05) is 24.4 Å². The summed E-state index contributed by atoms with van der Waals surface area (Å²) in [5, 5.41) is 0. The van der Waals surface area contributed by atoms with Gasteiger partial charge in [-0.05, 0) is 30.5 Å². The highest BCUT2D eigenvalue weighted by atomic mass is 16.6. The zero-order valence-corrected chi connectivity index (χ0v) is 17.4. The van der Waals surface area contributed by atoms with Crippen LogP contribution in [0.25, 0.3) is 11.1 Å². The van der Waals surface area contributed by atoms with Gasteiger partial charge in [0.25, 0.3) is 0 Å². The van der Waals surface area contributed by atoms with E-state index in [1.807, 2.05) is 24.5 Å². The van der Waals surface area contributed by atoms with Crippen molar-refractivity contribution in [1.82, 2.24) is 9.97 Å². The Morgan fingerprint density at radius 2 is 1.54 bits per heavy atom. The quantitative estimate of drug-likeness (QED) is 0.315. The molecule has 2 atom stereocenters.